The Labute approximate surface area is 145 Å². The minimum absolute atomic E-state index is 0.126. The molecule has 1 heterocycles. The lowest BCUT2D eigenvalue weighted by molar-refractivity contribution is -0.143. The molecule has 24 heavy (non-hydrogen) atoms. The van der Waals surface area contributed by atoms with Crippen molar-refractivity contribution >= 4 is 5.97 Å². The van der Waals surface area contributed by atoms with E-state index in [0.717, 1.165) is 43.6 Å². The summed E-state index contributed by atoms with van der Waals surface area (Å²) in [5.74, 6) is 1.29. The van der Waals surface area contributed by atoms with Gasteiger partial charge in [0.15, 0.2) is 6.29 Å². The average molecular weight is 334 g/mol. The monoisotopic (exact) mass is 334 g/mol. The fourth-order valence-electron chi connectivity index (χ4n) is 3.08. The van der Waals surface area contributed by atoms with E-state index in [1.807, 2.05) is 19.1 Å². The third kappa shape index (κ3) is 5.52. The van der Waals surface area contributed by atoms with Crippen LogP contribution in [0.15, 0.2) is 24.3 Å². The van der Waals surface area contributed by atoms with Crippen LogP contribution in [0.5, 0.6) is 5.75 Å². The predicted molar refractivity (Wildman–Crippen MR) is 94.1 cm³/mol. The Hall–Kier alpha value is -1.55. The molecule has 0 aliphatic carbocycles. The first-order chi connectivity index (χ1) is 11.6. The van der Waals surface area contributed by atoms with E-state index >= 15 is 0 Å². The molecule has 0 saturated carbocycles. The summed E-state index contributed by atoms with van der Waals surface area (Å²) in [5.41, 5.74) is 1.16. The van der Waals surface area contributed by atoms with Gasteiger partial charge in [-0.15, -0.1) is 0 Å². The third-order valence-corrected chi connectivity index (χ3v) is 4.74. The molecule has 1 aromatic rings. The SMILES string of the molecule is CCOC(=O)CC(c1ccc(OC2CCCCO2)cc1)C(C)CC. The lowest BCUT2D eigenvalue weighted by Crippen LogP contribution is -2.25. The summed E-state index contributed by atoms with van der Waals surface area (Å²) in [6.07, 6.45) is 4.53. The van der Waals surface area contributed by atoms with Crippen LogP contribution in [0, 0.1) is 5.92 Å². The molecule has 0 N–H and O–H groups in total. The zero-order valence-electron chi connectivity index (χ0n) is 15.1. The molecule has 1 aliphatic heterocycles. The largest absolute Gasteiger partial charge is 0.466 e. The summed E-state index contributed by atoms with van der Waals surface area (Å²) in [5, 5.41) is 0. The second-order valence-electron chi connectivity index (χ2n) is 6.48. The molecule has 1 aromatic carbocycles. The van der Waals surface area contributed by atoms with Gasteiger partial charge in [0.2, 0.25) is 0 Å². The van der Waals surface area contributed by atoms with Gasteiger partial charge in [0.05, 0.1) is 19.6 Å². The molecule has 3 unspecified atom stereocenters. The molecule has 2 rings (SSSR count). The van der Waals surface area contributed by atoms with Crippen molar-refractivity contribution < 1.29 is 19.0 Å². The maximum absolute atomic E-state index is 11.9. The van der Waals surface area contributed by atoms with E-state index in [-0.39, 0.29) is 18.2 Å². The van der Waals surface area contributed by atoms with Gasteiger partial charge in [0.25, 0.3) is 0 Å². The van der Waals surface area contributed by atoms with Crippen molar-refractivity contribution in [3.05, 3.63) is 29.8 Å². The van der Waals surface area contributed by atoms with Crippen LogP contribution in [0.25, 0.3) is 0 Å². The molecule has 3 atom stereocenters. The van der Waals surface area contributed by atoms with Crippen molar-refractivity contribution in [3.8, 4) is 5.75 Å². The van der Waals surface area contributed by atoms with E-state index in [1.165, 1.54) is 0 Å². The van der Waals surface area contributed by atoms with Crippen molar-refractivity contribution in [2.75, 3.05) is 13.2 Å². The predicted octanol–water partition coefficient (Wildman–Crippen LogP) is 4.67. The standard InChI is InChI=1S/C20H30O4/c1-4-15(3)18(14-19(21)22-5-2)16-9-11-17(12-10-16)24-20-8-6-7-13-23-20/h9-12,15,18,20H,4-8,13-14H2,1-3H3. The van der Waals surface area contributed by atoms with Crippen LogP contribution in [0.2, 0.25) is 0 Å². The van der Waals surface area contributed by atoms with E-state index in [0.29, 0.717) is 18.9 Å². The van der Waals surface area contributed by atoms with Gasteiger partial charge in [-0.25, -0.2) is 0 Å². The van der Waals surface area contributed by atoms with Gasteiger partial charge < -0.3 is 14.2 Å². The molecular formula is C20H30O4. The van der Waals surface area contributed by atoms with Gasteiger partial charge in [0, 0.05) is 6.42 Å². The Kier molecular flexibility index (Phi) is 7.57. The Morgan fingerprint density at radius 1 is 1.25 bits per heavy atom. The van der Waals surface area contributed by atoms with Crippen LogP contribution in [-0.2, 0) is 14.3 Å². The molecule has 4 nitrogen and oxygen atoms in total. The number of esters is 1. The summed E-state index contributed by atoms with van der Waals surface area (Å²) < 4.78 is 16.6. The highest BCUT2D eigenvalue weighted by Crippen LogP contribution is 2.32. The van der Waals surface area contributed by atoms with Crippen LogP contribution in [0.1, 0.15) is 64.4 Å². The topological polar surface area (TPSA) is 44.8 Å². The fraction of sp³-hybridized carbons (Fsp3) is 0.650. The highest BCUT2D eigenvalue weighted by Gasteiger charge is 2.22. The Morgan fingerprint density at radius 2 is 2.00 bits per heavy atom. The number of carbonyl (C=O) groups is 1. The van der Waals surface area contributed by atoms with Gasteiger partial charge >= 0.3 is 5.97 Å². The van der Waals surface area contributed by atoms with E-state index in [2.05, 4.69) is 26.0 Å². The normalized spacial score (nSPS) is 20.2. The van der Waals surface area contributed by atoms with E-state index in [4.69, 9.17) is 14.2 Å². The Morgan fingerprint density at radius 3 is 2.58 bits per heavy atom. The molecule has 0 spiro atoms. The van der Waals surface area contributed by atoms with Gasteiger partial charge in [-0.1, -0.05) is 32.4 Å². The van der Waals surface area contributed by atoms with Crippen LogP contribution in [-0.4, -0.2) is 25.5 Å². The second-order valence-corrected chi connectivity index (χ2v) is 6.48. The highest BCUT2D eigenvalue weighted by atomic mass is 16.7. The lowest BCUT2D eigenvalue weighted by Gasteiger charge is -2.25. The zero-order valence-corrected chi connectivity index (χ0v) is 15.1. The Balaban J connectivity index is 2.02. The minimum Gasteiger partial charge on any atom is -0.466 e. The fourth-order valence-corrected chi connectivity index (χ4v) is 3.08. The van der Waals surface area contributed by atoms with E-state index in [1.54, 1.807) is 0 Å². The van der Waals surface area contributed by atoms with E-state index in [9.17, 15) is 4.79 Å². The van der Waals surface area contributed by atoms with Gasteiger partial charge in [-0.2, -0.15) is 0 Å². The van der Waals surface area contributed by atoms with Gasteiger partial charge in [0.1, 0.15) is 5.75 Å². The molecule has 1 fully saturated rings. The molecule has 0 amide bonds. The summed E-state index contributed by atoms with van der Waals surface area (Å²) in [6, 6.07) is 8.09. The lowest BCUT2D eigenvalue weighted by atomic mass is 9.83. The van der Waals surface area contributed by atoms with Crippen molar-refractivity contribution in [1.29, 1.82) is 0 Å². The highest BCUT2D eigenvalue weighted by molar-refractivity contribution is 5.70. The first kappa shape index (κ1) is 18.8. The van der Waals surface area contributed by atoms with Crippen molar-refractivity contribution in [1.82, 2.24) is 0 Å². The number of rotatable bonds is 8. The number of benzene rings is 1. The van der Waals surface area contributed by atoms with Gasteiger partial charge in [-0.05, 0) is 49.3 Å². The van der Waals surface area contributed by atoms with E-state index < -0.39 is 0 Å². The minimum atomic E-state index is -0.130. The van der Waals surface area contributed by atoms with Crippen LogP contribution in [0.4, 0.5) is 0 Å². The molecule has 0 radical (unpaired) electrons. The molecular weight excluding hydrogens is 304 g/mol. The first-order valence-electron chi connectivity index (χ1n) is 9.17. The van der Waals surface area contributed by atoms with Crippen molar-refractivity contribution in [3.63, 3.8) is 0 Å². The number of hydrogen-bond donors (Lipinski definition) is 0. The number of carbonyl (C=O) groups excluding carboxylic acids is 1. The maximum Gasteiger partial charge on any atom is 0.306 e. The molecule has 134 valence electrons. The van der Waals surface area contributed by atoms with Crippen LogP contribution in [0.3, 0.4) is 0 Å². The average Bonchev–Trinajstić information content (AvgIpc) is 2.61. The van der Waals surface area contributed by atoms with Gasteiger partial charge in [-0.3, -0.25) is 4.79 Å². The molecule has 4 heteroatoms. The zero-order chi connectivity index (χ0) is 17.4. The maximum atomic E-state index is 11.9. The molecule has 1 aliphatic rings. The third-order valence-electron chi connectivity index (χ3n) is 4.74. The molecule has 1 saturated heterocycles. The van der Waals surface area contributed by atoms with Crippen molar-refractivity contribution in [2.24, 2.45) is 5.92 Å². The quantitative estimate of drug-likeness (QED) is 0.648. The number of hydrogen-bond acceptors (Lipinski definition) is 4. The smallest absolute Gasteiger partial charge is 0.306 e. The summed E-state index contributed by atoms with van der Waals surface area (Å²) in [4.78, 5) is 11.9. The molecule has 0 aromatic heterocycles. The second kappa shape index (κ2) is 9.67. The summed E-state index contributed by atoms with van der Waals surface area (Å²) >= 11 is 0. The van der Waals surface area contributed by atoms with Crippen LogP contribution >= 0.6 is 0 Å². The number of ether oxygens (including phenoxy) is 3. The van der Waals surface area contributed by atoms with Crippen LogP contribution < -0.4 is 4.74 Å². The summed E-state index contributed by atoms with van der Waals surface area (Å²) in [7, 11) is 0. The Bertz CT molecular complexity index is 491. The molecule has 0 bridgehead atoms. The van der Waals surface area contributed by atoms with Crippen molar-refractivity contribution in [2.45, 2.75) is 65.1 Å². The summed E-state index contributed by atoms with van der Waals surface area (Å²) in [6.45, 7) is 7.39. The first-order valence-corrected chi connectivity index (χ1v) is 9.17.